The number of nitrogens with zero attached hydrogens (tertiary/aromatic N) is 2. The van der Waals surface area contributed by atoms with E-state index >= 15 is 0 Å². The topological polar surface area (TPSA) is 32.5 Å². The molecule has 2 N–H and O–H groups in total. The zero-order chi connectivity index (χ0) is 12.4. The van der Waals surface area contributed by atoms with Crippen molar-refractivity contribution in [3.63, 3.8) is 0 Å². The van der Waals surface area contributed by atoms with Crippen LogP contribution in [0.25, 0.3) is 0 Å². The second-order valence-corrected chi connectivity index (χ2v) is 6.61. The number of rotatable bonds is 3. The van der Waals surface area contributed by atoms with Crippen LogP contribution in [0.1, 0.15) is 44.9 Å². The average molecular weight is 251 g/mol. The van der Waals surface area contributed by atoms with Crippen molar-refractivity contribution < 1.29 is 0 Å². The fourth-order valence-electron chi connectivity index (χ4n) is 4.27. The Morgan fingerprint density at radius 3 is 2.22 bits per heavy atom. The maximum Gasteiger partial charge on any atom is 0.0223 e. The van der Waals surface area contributed by atoms with Crippen LogP contribution in [0.15, 0.2) is 0 Å². The first-order chi connectivity index (χ1) is 8.86. The molecule has 18 heavy (non-hydrogen) atoms. The lowest BCUT2D eigenvalue weighted by Gasteiger charge is -2.40. The number of hydrogen-bond donors (Lipinski definition) is 1. The summed E-state index contributed by atoms with van der Waals surface area (Å²) in [6, 6.07) is 1.75. The van der Waals surface area contributed by atoms with Gasteiger partial charge in [-0.05, 0) is 57.7 Å². The fraction of sp³-hybridized carbons (Fsp3) is 1.00. The molecule has 2 unspecified atom stereocenters. The van der Waals surface area contributed by atoms with Crippen LogP contribution in [0.4, 0.5) is 0 Å². The Balaban J connectivity index is 1.53. The molecule has 3 rings (SSSR count). The zero-order valence-corrected chi connectivity index (χ0v) is 11.7. The van der Waals surface area contributed by atoms with E-state index in [1.807, 2.05) is 0 Å². The minimum Gasteiger partial charge on any atom is -0.330 e. The third kappa shape index (κ3) is 2.73. The summed E-state index contributed by atoms with van der Waals surface area (Å²) in [6.07, 6.45) is 9.99. The van der Waals surface area contributed by atoms with Crippen LogP contribution in [0.2, 0.25) is 0 Å². The SMILES string of the molecule is NCC1CCN(C2CCCN(C3CCCC3)C2)C1. The van der Waals surface area contributed by atoms with Crippen LogP contribution in [0.5, 0.6) is 0 Å². The van der Waals surface area contributed by atoms with Crippen molar-refractivity contribution in [3.05, 3.63) is 0 Å². The van der Waals surface area contributed by atoms with E-state index in [4.69, 9.17) is 5.73 Å². The smallest absolute Gasteiger partial charge is 0.0223 e. The number of piperidine rings is 1. The molecule has 3 fully saturated rings. The lowest BCUT2D eigenvalue weighted by molar-refractivity contribution is 0.0832. The molecule has 0 spiro atoms. The Hall–Kier alpha value is -0.120. The molecule has 1 saturated carbocycles. The molecule has 0 aromatic carbocycles. The molecule has 3 nitrogen and oxygen atoms in total. The van der Waals surface area contributed by atoms with Crippen molar-refractivity contribution in [2.24, 2.45) is 11.7 Å². The molecule has 2 atom stereocenters. The number of nitrogens with two attached hydrogens (primary N) is 1. The monoisotopic (exact) mass is 251 g/mol. The van der Waals surface area contributed by atoms with E-state index in [1.54, 1.807) is 0 Å². The van der Waals surface area contributed by atoms with E-state index in [0.29, 0.717) is 0 Å². The Morgan fingerprint density at radius 2 is 1.50 bits per heavy atom. The molecule has 3 aliphatic rings. The molecule has 3 heteroatoms. The van der Waals surface area contributed by atoms with Gasteiger partial charge < -0.3 is 5.73 Å². The Bertz CT molecular complexity index is 262. The summed E-state index contributed by atoms with van der Waals surface area (Å²) in [5.74, 6) is 0.770. The van der Waals surface area contributed by atoms with Crippen molar-refractivity contribution in [3.8, 4) is 0 Å². The van der Waals surface area contributed by atoms with Gasteiger partial charge in [0.05, 0.1) is 0 Å². The van der Waals surface area contributed by atoms with E-state index in [0.717, 1.165) is 24.5 Å². The molecule has 0 bridgehead atoms. The third-order valence-electron chi connectivity index (χ3n) is 5.44. The van der Waals surface area contributed by atoms with E-state index in [-0.39, 0.29) is 0 Å². The number of likely N-dealkylation sites (tertiary alicyclic amines) is 2. The standard InChI is InChI=1S/C15H29N3/c16-10-13-7-9-18(11-13)15-6-3-8-17(12-15)14-4-1-2-5-14/h13-15H,1-12,16H2. The predicted octanol–water partition coefficient (Wildman–Crippen LogP) is 1.67. The van der Waals surface area contributed by atoms with Gasteiger partial charge in [0.15, 0.2) is 0 Å². The Labute approximate surface area is 112 Å². The molecule has 1 aliphatic carbocycles. The highest BCUT2D eigenvalue weighted by atomic mass is 15.3. The fourth-order valence-corrected chi connectivity index (χ4v) is 4.27. The third-order valence-corrected chi connectivity index (χ3v) is 5.44. The van der Waals surface area contributed by atoms with Crippen molar-refractivity contribution in [1.82, 2.24) is 9.80 Å². The van der Waals surface area contributed by atoms with Crippen molar-refractivity contribution in [1.29, 1.82) is 0 Å². The summed E-state index contributed by atoms with van der Waals surface area (Å²) in [5, 5.41) is 0. The molecule has 2 aliphatic heterocycles. The Kier molecular flexibility index (Phi) is 4.22. The van der Waals surface area contributed by atoms with Crippen molar-refractivity contribution in [2.45, 2.75) is 57.0 Å². The summed E-state index contributed by atoms with van der Waals surface area (Å²) < 4.78 is 0. The molecule has 2 heterocycles. The summed E-state index contributed by atoms with van der Waals surface area (Å²) in [4.78, 5) is 5.54. The summed E-state index contributed by atoms with van der Waals surface area (Å²) in [5.41, 5.74) is 5.82. The average Bonchev–Trinajstić information content (AvgIpc) is 3.10. The van der Waals surface area contributed by atoms with Gasteiger partial charge in [-0.1, -0.05) is 12.8 Å². The zero-order valence-electron chi connectivity index (χ0n) is 11.7. The van der Waals surface area contributed by atoms with E-state index in [1.165, 1.54) is 71.1 Å². The van der Waals surface area contributed by atoms with Gasteiger partial charge in [-0.15, -0.1) is 0 Å². The highest BCUT2D eigenvalue weighted by Gasteiger charge is 2.33. The highest BCUT2D eigenvalue weighted by molar-refractivity contribution is 4.89. The van der Waals surface area contributed by atoms with Crippen LogP contribution in [0.3, 0.4) is 0 Å². The molecule has 0 radical (unpaired) electrons. The van der Waals surface area contributed by atoms with E-state index in [9.17, 15) is 0 Å². The largest absolute Gasteiger partial charge is 0.330 e. The van der Waals surface area contributed by atoms with Gasteiger partial charge in [0.25, 0.3) is 0 Å². The first kappa shape index (κ1) is 12.9. The van der Waals surface area contributed by atoms with Gasteiger partial charge in [0.2, 0.25) is 0 Å². The molecule has 2 saturated heterocycles. The van der Waals surface area contributed by atoms with Crippen LogP contribution in [-0.2, 0) is 0 Å². The minimum atomic E-state index is 0.770. The molecular weight excluding hydrogens is 222 g/mol. The summed E-state index contributed by atoms with van der Waals surface area (Å²) in [7, 11) is 0. The van der Waals surface area contributed by atoms with Crippen LogP contribution < -0.4 is 5.73 Å². The quantitative estimate of drug-likeness (QED) is 0.828. The first-order valence-electron chi connectivity index (χ1n) is 8.05. The second-order valence-electron chi connectivity index (χ2n) is 6.61. The van der Waals surface area contributed by atoms with E-state index in [2.05, 4.69) is 9.80 Å². The normalized spacial score (nSPS) is 36.5. The molecule has 0 aromatic heterocycles. The number of hydrogen-bond acceptors (Lipinski definition) is 3. The molecule has 0 amide bonds. The van der Waals surface area contributed by atoms with Gasteiger partial charge in [0.1, 0.15) is 0 Å². The molecule has 0 aromatic rings. The van der Waals surface area contributed by atoms with Gasteiger partial charge in [0, 0.05) is 25.2 Å². The van der Waals surface area contributed by atoms with Crippen LogP contribution in [0, 0.1) is 5.92 Å². The van der Waals surface area contributed by atoms with Crippen LogP contribution >= 0.6 is 0 Å². The van der Waals surface area contributed by atoms with Crippen molar-refractivity contribution in [2.75, 3.05) is 32.7 Å². The highest BCUT2D eigenvalue weighted by Crippen LogP contribution is 2.29. The van der Waals surface area contributed by atoms with Crippen molar-refractivity contribution >= 4 is 0 Å². The minimum absolute atomic E-state index is 0.770. The second kappa shape index (κ2) is 5.89. The van der Waals surface area contributed by atoms with Gasteiger partial charge in [-0.3, -0.25) is 9.80 Å². The van der Waals surface area contributed by atoms with Gasteiger partial charge in [-0.2, -0.15) is 0 Å². The maximum absolute atomic E-state index is 5.82. The molecule has 104 valence electrons. The maximum atomic E-state index is 5.82. The molecular formula is C15H29N3. The van der Waals surface area contributed by atoms with E-state index < -0.39 is 0 Å². The first-order valence-corrected chi connectivity index (χ1v) is 8.05. The summed E-state index contributed by atoms with van der Waals surface area (Å²) in [6.45, 7) is 6.14. The lowest BCUT2D eigenvalue weighted by atomic mass is 10.0. The van der Waals surface area contributed by atoms with Gasteiger partial charge in [-0.25, -0.2) is 0 Å². The van der Waals surface area contributed by atoms with Gasteiger partial charge >= 0.3 is 0 Å². The van der Waals surface area contributed by atoms with Crippen LogP contribution in [-0.4, -0.2) is 54.6 Å². The summed E-state index contributed by atoms with van der Waals surface area (Å²) >= 11 is 0. The predicted molar refractivity (Wildman–Crippen MR) is 75.6 cm³/mol. The Morgan fingerprint density at radius 1 is 0.778 bits per heavy atom. The lowest BCUT2D eigenvalue weighted by Crippen LogP contribution is -2.50.